The molecule has 1 fully saturated rings. The van der Waals surface area contributed by atoms with Crippen molar-refractivity contribution in [2.75, 3.05) is 36.0 Å². The molecule has 0 spiro atoms. The zero-order valence-electron chi connectivity index (χ0n) is 14.5. The van der Waals surface area contributed by atoms with Gasteiger partial charge >= 0.3 is 0 Å². The molecule has 4 aromatic rings. The third-order valence-corrected chi connectivity index (χ3v) is 5.62. The first-order valence-corrected chi connectivity index (χ1v) is 9.55. The third-order valence-electron chi connectivity index (χ3n) is 4.55. The Bertz CT molecular complexity index is 1010. The molecule has 4 heterocycles. The summed E-state index contributed by atoms with van der Waals surface area (Å²) in [4.78, 5) is 26.6. The number of benzene rings is 1. The largest absolute Gasteiger partial charge is 0.352 e. The van der Waals surface area contributed by atoms with Crippen LogP contribution in [-0.4, -0.2) is 51.1 Å². The Morgan fingerprint density at radius 3 is 2.52 bits per heavy atom. The number of hydrogen-bond donors (Lipinski definition) is 0. The Hall–Kier alpha value is -3.13. The van der Waals surface area contributed by atoms with Gasteiger partial charge in [0, 0.05) is 44.8 Å². The van der Waals surface area contributed by atoms with Crippen LogP contribution < -0.4 is 9.80 Å². The van der Waals surface area contributed by atoms with Crippen LogP contribution in [0, 0.1) is 6.20 Å². The topological polar surface area (TPSA) is 70.9 Å². The number of hydrogen-bond acceptors (Lipinski definition) is 8. The molecule has 1 aliphatic heterocycles. The standard InChI is InChI=1S/C19H16N7S/c1-2-4-16-15(3-1)24-18(27-16)14-11-22-19(23-12-14)26-9-7-25(8-10-26)17-13-20-5-6-21-17/h1-6,11,13H,7-10H2. The van der Waals surface area contributed by atoms with Crippen LogP contribution in [0.25, 0.3) is 20.8 Å². The van der Waals surface area contributed by atoms with Crippen molar-refractivity contribution in [2.45, 2.75) is 0 Å². The van der Waals surface area contributed by atoms with Gasteiger partial charge in [-0.1, -0.05) is 12.1 Å². The number of nitrogens with zero attached hydrogens (tertiary/aromatic N) is 7. The molecule has 0 atom stereocenters. The minimum Gasteiger partial charge on any atom is -0.352 e. The van der Waals surface area contributed by atoms with E-state index < -0.39 is 0 Å². The fraction of sp³-hybridized carbons (Fsp3) is 0.211. The van der Waals surface area contributed by atoms with Crippen LogP contribution >= 0.6 is 11.3 Å². The van der Waals surface area contributed by atoms with Crippen LogP contribution in [0.4, 0.5) is 11.8 Å². The summed E-state index contributed by atoms with van der Waals surface area (Å²) in [5.41, 5.74) is 1.83. The van der Waals surface area contributed by atoms with Crippen molar-refractivity contribution in [2.24, 2.45) is 0 Å². The predicted molar refractivity (Wildman–Crippen MR) is 106 cm³/mol. The summed E-state index contributed by atoms with van der Waals surface area (Å²) in [5.74, 6) is 1.62. The normalized spacial score (nSPS) is 14.7. The van der Waals surface area contributed by atoms with E-state index in [9.17, 15) is 0 Å². The van der Waals surface area contributed by atoms with E-state index in [1.165, 1.54) is 0 Å². The molecule has 0 amide bonds. The fourth-order valence-electron chi connectivity index (χ4n) is 3.12. The number of para-hydroxylation sites is 1. The maximum Gasteiger partial charge on any atom is 0.226 e. The Morgan fingerprint density at radius 2 is 1.78 bits per heavy atom. The second-order valence-corrected chi connectivity index (χ2v) is 7.25. The van der Waals surface area contributed by atoms with E-state index in [0.717, 1.165) is 52.8 Å². The van der Waals surface area contributed by atoms with E-state index in [-0.39, 0.29) is 0 Å². The lowest BCUT2D eigenvalue weighted by molar-refractivity contribution is 0.633. The first-order chi connectivity index (χ1) is 13.4. The van der Waals surface area contributed by atoms with Gasteiger partial charge in [0.2, 0.25) is 5.95 Å². The van der Waals surface area contributed by atoms with E-state index in [4.69, 9.17) is 0 Å². The van der Waals surface area contributed by atoms with Crippen LogP contribution in [-0.2, 0) is 0 Å². The number of rotatable bonds is 3. The van der Waals surface area contributed by atoms with Gasteiger partial charge in [-0.05, 0) is 12.1 Å². The average Bonchev–Trinajstić information content (AvgIpc) is 3.19. The Balaban J connectivity index is 1.29. The zero-order chi connectivity index (χ0) is 18.1. The maximum absolute atomic E-state index is 4.64. The van der Waals surface area contributed by atoms with Gasteiger partial charge in [0.1, 0.15) is 17.0 Å². The SMILES string of the molecule is [c]1nc(N2CCN(c3cnccn3)CC2)ncc1-c1nc2ccccc2s1. The van der Waals surface area contributed by atoms with E-state index >= 15 is 0 Å². The lowest BCUT2D eigenvalue weighted by Crippen LogP contribution is -2.47. The van der Waals surface area contributed by atoms with E-state index in [2.05, 4.69) is 47.0 Å². The van der Waals surface area contributed by atoms with E-state index in [0.29, 0.717) is 5.95 Å². The number of fused-ring (bicyclic) bond motifs is 1. The monoisotopic (exact) mass is 374 g/mol. The summed E-state index contributed by atoms with van der Waals surface area (Å²) < 4.78 is 1.16. The second-order valence-electron chi connectivity index (χ2n) is 6.22. The molecular weight excluding hydrogens is 358 g/mol. The molecule has 0 unspecified atom stereocenters. The number of anilines is 2. The van der Waals surface area contributed by atoms with Gasteiger partial charge in [0.05, 0.1) is 22.0 Å². The number of thiazole rings is 1. The van der Waals surface area contributed by atoms with Crippen molar-refractivity contribution in [1.29, 1.82) is 0 Å². The molecule has 1 radical (unpaired) electrons. The van der Waals surface area contributed by atoms with Gasteiger partial charge in [-0.15, -0.1) is 11.3 Å². The van der Waals surface area contributed by atoms with Crippen molar-refractivity contribution in [3.05, 3.63) is 55.2 Å². The van der Waals surface area contributed by atoms with Gasteiger partial charge in [0.15, 0.2) is 0 Å². The van der Waals surface area contributed by atoms with E-state index in [1.807, 2.05) is 24.4 Å². The summed E-state index contributed by atoms with van der Waals surface area (Å²) >= 11 is 1.63. The molecule has 1 aromatic carbocycles. The average molecular weight is 374 g/mol. The minimum absolute atomic E-state index is 0.707. The summed E-state index contributed by atoms with van der Waals surface area (Å²) in [5, 5.41) is 0.898. The molecule has 8 heteroatoms. The first kappa shape index (κ1) is 16.1. The highest BCUT2D eigenvalue weighted by Gasteiger charge is 2.20. The molecule has 7 nitrogen and oxygen atoms in total. The molecule has 3 aromatic heterocycles. The second kappa shape index (κ2) is 6.88. The summed E-state index contributed by atoms with van der Waals surface area (Å²) in [6.07, 6.45) is 10.1. The molecule has 0 N–H and O–H groups in total. The zero-order valence-corrected chi connectivity index (χ0v) is 15.3. The Morgan fingerprint density at radius 1 is 0.926 bits per heavy atom. The van der Waals surface area contributed by atoms with Gasteiger partial charge in [-0.3, -0.25) is 4.98 Å². The Kier molecular flexibility index (Phi) is 4.10. The molecule has 0 aliphatic carbocycles. The highest BCUT2D eigenvalue weighted by atomic mass is 32.1. The molecule has 1 saturated heterocycles. The molecule has 27 heavy (non-hydrogen) atoms. The lowest BCUT2D eigenvalue weighted by atomic mass is 10.3. The van der Waals surface area contributed by atoms with Gasteiger partial charge < -0.3 is 9.80 Å². The van der Waals surface area contributed by atoms with Crippen LogP contribution in [0.5, 0.6) is 0 Å². The lowest BCUT2D eigenvalue weighted by Gasteiger charge is -2.35. The van der Waals surface area contributed by atoms with E-state index in [1.54, 1.807) is 29.9 Å². The van der Waals surface area contributed by atoms with Crippen molar-refractivity contribution in [3.8, 4) is 10.6 Å². The smallest absolute Gasteiger partial charge is 0.226 e. The van der Waals surface area contributed by atoms with Crippen molar-refractivity contribution >= 4 is 33.3 Å². The minimum atomic E-state index is 0.707. The van der Waals surface area contributed by atoms with Crippen LogP contribution in [0.3, 0.4) is 0 Å². The van der Waals surface area contributed by atoms with Crippen molar-refractivity contribution < 1.29 is 0 Å². The summed E-state index contributed by atoms with van der Waals surface area (Å²) in [6, 6.07) is 8.10. The quantitative estimate of drug-likeness (QED) is 0.546. The van der Waals surface area contributed by atoms with Gasteiger partial charge in [-0.2, -0.15) is 0 Å². The summed E-state index contributed by atoms with van der Waals surface area (Å²) in [7, 11) is 0. The molecule has 1 aliphatic rings. The highest BCUT2D eigenvalue weighted by molar-refractivity contribution is 7.21. The van der Waals surface area contributed by atoms with Crippen LogP contribution in [0.15, 0.2) is 49.1 Å². The number of aromatic nitrogens is 5. The van der Waals surface area contributed by atoms with Crippen molar-refractivity contribution in [3.63, 3.8) is 0 Å². The van der Waals surface area contributed by atoms with Crippen LogP contribution in [0.1, 0.15) is 0 Å². The van der Waals surface area contributed by atoms with Gasteiger partial charge in [0.25, 0.3) is 0 Å². The third kappa shape index (κ3) is 3.19. The van der Waals surface area contributed by atoms with Crippen molar-refractivity contribution in [1.82, 2.24) is 24.9 Å². The summed E-state index contributed by atoms with van der Waals surface area (Å²) in [6.45, 7) is 3.40. The molecule has 5 rings (SSSR count). The first-order valence-electron chi connectivity index (χ1n) is 8.73. The maximum atomic E-state index is 4.64. The highest BCUT2D eigenvalue weighted by Crippen LogP contribution is 2.29. The predicted octanol–water partition coefficient (Wildman–Crippen LogP) is 2.67. The van der Waals surface area contributed by atoms with Gasteiger partial charge in [-0.25, -0.2) is 19.9 Å². The molecule has 0 saturated carbocycles. The van der Waals surface area contributed by atoms with Crippen LogP contribution in [0.2, 0.25) is 0 Å². The molecule has 133 valence electrons. The fourth-order valence-corrected chi connectivity index (χ4v) is 4.05. The number of piperazine rings is 1. The molecule has 0 bridgehead atoms. The Labute approximate surface area is 160 Å². The molecular formula is C19H16N7S.